The SMILES string of the molecule is CCNC(=O)Nc1ncnc2c1ncn2C1OC(COC(C)(C)c2ccccc2C(=O)O)C2O[C@H](/C=C/c3ccccc3)OC21. The number of nitrogens with one attached hydrogen (secondary N) is 2. The van der Waals surface area contributed by atoms with Crippen LogP contribution in [0.4, 0.5) is 10.6 Å². The number of anilines is 1. The number of hydrogen-bond donors (Lipinski definition) is 3. The number of carbonyl (C=O) groups is 2. The number of rotatable bonds is 10. The van der Waals surface area contributed by atoms with Crippen LogP contribution in [0.3, 0.4) is 0 Å². The number of aromatic nitrogens is 4. The molecule has 13 nitrogen and oxygen atoms in total. The molecular formula is C32H34N6O7. The van der Waals surface area contributed by atoms with Gasteiger partial charge in [0, 0.05) is 6.54 Å². The fraction of sp³-hybridized carbons (Fsp3) is 0.344. The standard InChI is InChI=1S/C32H34N6O7/c1-4-33-31(41)37-27-24-28(35-17-34-27)38(18-36-24)29-26-25(44-23(45-26)15-14-19-10-6-5-7-11-19)22(43-29)16-42-32(2,3)21-13-9-8-12-20(21)30(39)40/h5-15,17-18,22-23,25-26,29H,4,16H2,1-3H3,(H,39,40)(H2,33,34,35,37,41)/b15-14+/t22?,23-,25?,26?,29?/m0/s1. The number of fused-ring (bicyclic) bond motifs is 2. The van der Waals surface area contributed by atoms with Gasteiger partial charge in [-0.3, -0.25) is 9.88 Å². The highest BCUT2D eigenvalue weighted by molar-refractivity contribution is 5.95. The Morgan fingerprint density at radius 3 is 2.56 bits per heavy atom. The lowest BCUT2D eigenvalue weighted by Gasteiger charge is -2.29. The van der Waals surface area contributed by atoms with Crippen LogP contribution in [0.25, 0.3) is 17.2 Å². The van der Waals surface area contributed by atoms with Gasteiger partial charge in [0.1, 0.15) is 24.6 Å². The van der Waals surface area contributed by atoms with E-state index >= 15 is 0 Å². The van der Waals surface area contributed by atoms with E-state index in [-0.39, 0.29) is 18.0 Å². The van der Waals surface area contributed by atoms with Crippen LogP contribution in [0, 0.1) is 0 Å². The maximum absolute atomic E-state index is 12.2. The minimum absolute atomic E-state index is 0.0860. The van der Waals surface area contributed by atoms with Crippen LogP contribution in [0.2, 0.25) is 0 Å². The lowest BCUT2D eigenvalue weighted by atomic mass is 9.93. The summed E-state index contributed by atoms with van der Waals surface area (Å²) >= 11 is 0. The van der Waals surface area contributed by atoms with Crippen molar-refractivity contribution >= 4 is 35.1 Å². The number of carboxylic acids is 1. The van der Waals surface area contributed by atoms with E-state index in [2.05, 4.69) is 25.6 Å². The molecule has 4 aromatic rings. The zero-order valence-corrected chi connectivity index (χ0v) is 25.0. The van der Waals surface area contributed by atoms with E-state index in [0.29, 0.717) is 23.3 Å². The van der Waals surface area contributed by atoms with Gasteiger partial charge in [0.2, 0.25) is 0 Å². The molecule has 2 aromatic carbocycles. The van der Waals surface area contributed by atoms with Crippen molar-refractivity contribution in [2.45, 2.75) is 57.2 Å². The third-order valence-electron chi connectivity index (χ3n) is 7.73. The molecule has 2 fully saturated rings. The van der Waals surface area contributed by atoms with Gasteiger partial charge in [-0.15, -0.1) is 0 Å². The zero-order chi connectivity index (χ0) is 31.6. The smallest absolute Gasteiger partial charge is 0.336 e. The molecule has 2 amide bonds. The predicted molar refractivity (Wildman–Crippen MR) is 163 cm³/mol. The topological polar surface area (TPSA) is 159 Å². The Labute approximate surface area is 259 Å². The average Bonchev–Trinajstić information content (AvgIpc) is 3.74. The Balaban J connectivity index is 1.27. The van der Waals surface area contributed by atoms with Crippen molar-refractivity contribution < 1.29 is 33.6 Å². The Kier molecular flexibility index (Phi) is 8.59. The van der Waals surface area contributed by atoms with Gasteiger partial charge in [-0.25, -0.2) is 24.5 Å². The van der Waals surface area contributed by atoms with Crippen molar-refractivity contribution in [1.82, 2.24) is 24.8 Å². The first-order chi connectivity index (χ1) is 21.7. The molecule has 0 radical (unpaired) electrons. The molecule has 2 aliphatic rings. The number of nitrogens with zero attached hydrogens (tertiary/aromatic N) is 4. The van der Waals surface area contributed by atoms with Crippen molar-refractivity contribution in [3.8, 4) is 0 Å². The zero-order valence-electron chi connectivity index (χ0n) is 25.0. The molecule has 0 saturated carbocycles. The molecule has 2 aliphatic heterocycles. The minimum Gasteiger partial charge on any atom is -0.478 e. The first kappa shape index (κ1) is 30.3. The predicted octanol–water partition coefficient (Wildman–Crippen LogP) is 4.34. The monoisotopic (exact) mass is 614 g/mol. The molecule has 2 aromatic heterocycles. The van der Waals surface area contributed by atoms with E-state index in [1.807, 2.05) is 63.3 Å². The number of carboxylic acid groups (broad SMARTS) is 1. The largest absolute Gasteiger partial charge is 0.478 e. The van der Waals surface area contributed by atoms with Crippen molar-refractivity contribution in [3.63, 3.8) is 0 Å². The second-order valence-electron chi connectivity index (χ2n) is 11.1. The molecule has 4 unspecified atom stereocenters. The summed E-state index contributed by atoms with van der Waals surface area (Å²) in [4.78, 5) is 37.2. The third kappa shape index (κ3) is 6.28. The molecule has 2 saturated heterocycles. The highest BCUT2D eigenvalue weighted by atomic mass is 16.8. The van der Waals surface area contributed by atoms with Gasteiger partial charge in [0.05, 0.1) is 24.1 Å². The maximum Gasteiger partial charge on any atom is 0.336 e. The van der Waals surface area contributed by atoms with E-state index in [0.717, 1.165) is 5.56 Å². The van der Waals surface area contributed by atoms with E-state index in [1.165, 1.54) is 6.33 Å². The summed E-state index contributed by atoms with van der Waals surface area (Å²) in [6.07, 6.45) is 3.64. The van der Waals surface area contributed by atoms with Crippen molar-refractivity contribution in [1.29, 1.82) is 0 Å². The Hall–Kier alpha value is -4.69. The Bertz CT molecular complexity index is 1710. The number of carbonyl (C=O) groups excluding carboxylic acids is 1. The van der Waals surface area contributed by atoms with E-state index < -0.39 is 48.4 Å². The highest BCUT2D eigenvalue weighted by Gasteiger charge is 2.53. The molecule has 6 rings (SSSR count). The van der Waals surface area contributed by atoms with Crippen molar-refractivity contribution in [2.24, 2.45) is 0 Å². The molecule has 0 spiro atoms. The van der Waals surface area contributed by atoms with Crippen LogP contribution in [-0.2, 0) is 24.5 Å². The number of urea groups is 1. The Morgan fingerprint density at radius 1 is 1.02 bits per heavy atom. The number of hydrogen-bond acceptors (Lipinski definition) is 9. The van der Waals surface area contributed by atoms with Crippen LogP contribution in [0.1, 0.15) is 48.5 Å². The highest BCUT2D eigenvalue weighted by Crippen LogP contribution is 2.42. The number of benzene rings is 2. The van der Waals surface area contributed by atoms with Crippen LogP contribution >= 0.6 is 0 Å². The third-order valence-corrected chi connectivity index (χ3v) is 7.73. The normalized spacial score (nSPS) is 23.0. The molecule has 4 heterocycles. The van der Waals surface area contributed by atoms with Crippen LogP contribution in [0.15, 0.2) is 73.3 Å². The van der Waals surface area contributed by atoms with Crippen molar-refractivity contribution in [3.05, 3.63) is 90.0 Å². The molecule has 13 heteroatoms. The molecule has 45 heavy (non-hydrogen) atoms. The summed E-state index contributed by atoms with van der Waals surface area (Å²) in [5, 5.41) is 15.1. The first-order valence-electron chi connectivity index (χ1n) is 14.6. The second-order valence-corrected chi connectivity index (χ2v) is 11.1. The van der Waals surface area contributed by atoms with Crippen LogP contribution < -0.4 is 10.6 Å². The molecule has 234 valence electrons. The van der Waals surface area contributed by atoms with Gasteiger partial charge in [0.15, 0.2) is 29.5 Å². The summed E-state index contributed by atoms with van der Waals surface area (Å²) < 4.78 is 27.3. The van der Waals surface area contributed by atoms with Crippen LogP contribution in [-0.4, -0.2) is 74.4 Å². The van der Waals surface area contributed by atoms with Gasteiger partial charge < -0.3 is 29.4 Å². The minimum atomic E-state index is -1.03. The average molecular weight is 615 g/mol. The Morgan fingerprint density at radius 2 is 1.78 bits per heavy atom. The quantitative estimate of drug-likeness (QED) is 0.235. The van der Waals surface area contributed by atoms with E-state index in [9.17, 15) is 14.7 Å². The maximum atomic E-state index is 12.2. The van der Waals surface area contributed by atoms with Gasteiger partial charge in [-0.1, -0.05) is 54.6 Å². The summed E-state index contributed by atoms with van der Waals surface area (Å²) in [5.74, 6) is -0.777. The number of aromatic carboxylic acids is 1. The van der Waals surface area contributed by atoms with Crippen LogP contribution in [0.5, 0.6) is 0 Å². The molecule has 5 atom stereocenters. The van der Waals surface area contributed by atoms with Gasteiger partial charge in [-0.05, 0) is 44.0 Å². The summed E-state index contributed by atoms with van der Waals surface area (Å²) in [6.45, 7) is 5.99. The number of imidazole rings is 1. The fourth-order valence-electron chi connectivity index (χ4n) is 5.57. The molecule has 3 N–H and O–H groups in total. The lowest BCUT2D eigenvalue weighted by Crippen LogP contribution is -2.35. The first-order valence-corrected chi connectivity index (χ1v) is 14.6. The molecule has 0 aliphatic carbocycles. The summed E-state index contributed by atoms with van der Waals surface area (Å²) in [6, 6.07) is 16.2. The lowest BCUT2D eigenvalue weighted by molar-refractivity contribution is -0.152. The second kappa shape index (κ2) is 12.7. The fourth-order valence-corrected chi connectivity index (χ4v) is 5.57. The number of ether oxygens (including phenoxy) is 4. The number of amides is 2. The molecular weight excluding hydrogens is 580 g/mol. The molecule has 0 bridgehead atoms. The summed E-state index contributed by atoms with van der Waals surface area (Å²) in [5.41, 5.74) is 1.57. The van der Waals surface area contributed by atoms with Crippen molar-refractivity contribution in [2.75, 3.05) is 18.5 Å². The summed E-state index contributed by atoms with van der Waals surface area (Å²) in [7, 11) is 0. The van der Waals surface area contributed by atoms with Gasteiger partial charge in [-0.2, -0.15) is 0 Å². The van der Waals surface area contributed by atoms with E-state index in [1.54, 1.807) is 35.2 Å². The van der Waals surface area contributed by atoms with Gasteiger partial charge in [0.25, 0.3) is 0 Å². The van der Waals surface area contributed by atoms with Gasteiger partial charge >= 0.3 is 12.0 Å². The van der Waals surface area contributed by atoms with E-state index in [4.69, 9.17) is 18.9 Å².